The second-order valence-corrected chi connectivity index (χ2v) is 6.53. The van der Waals surface area contributed by atoms with Crippen molar-refractivity contribution >= 4 is 23.1 Å². The molecule has 0 aliphatic heterocycles. The molecule has 0 aromatic carbocycles. The Morgan fingerprint density at radius 1 is 1.24 bits per heavy atom. The summed E-state index contributed by atoms with van der Waals surface area (Å²) in [5.41, 5.74) is 6.35. The Hall–Kier alpha value is -1.03. The molecule has 0 atom stereocenters. The number of aromatic nitrogens is 2. The SMILES string of the molecule is CC(C)(C)CC(C)(C)Nc1ncnc(Cl)c1N. The van der Waals surface area contributed by atoms with E-state index in [1.165, 1.54) is 6.33 Å². The van der Waals surface area contributed by atoms with E-state index in [1.807, 2.05) is 0 Å². The Morgan fingerprint density at radius 2 is 1.82 bits per heavy atom. The van der Waals surface area contributed by atoms with Crippen molar-refractivity contribution in [3.63, 3.8) is 0 Å². The molecule has 3 N–H and O–H groups in total. The summed E-state index contributed by atoms with van der Waals surface area (Å²) < 4.78 is 0. The van der Waals surface area contributed by atoms with Gasteiger partial charge in [-0.15, -0.1) is 0 Å². The fraction of sp³-hybridized carbons (Fsp3) is 0.667. The smallest absolute Gasteiger partial charge is 0.157 e. The van der Waals surface area contributed by atoms with E-state index in [-0.39, 0.29) is 16.1 Å². The normalized spacial score (nSPS) is 12.6. The molecule has 96 valence electrons. The summed E-state index contributed by atoms with van der Waals surface area (Å²) in [5, 5.41) is 3.61. The first kappa shape index (κ1) is 14.0. The molecule has 1 rings (SSSR count). The Balaban J connectivity index is 2.87. The van der Waals surface area contributed by atoms with E-state index in [2.05, 4.69) is 49.9 Å². The second-order valence-electron chi connectivity index (χ2n) is 6.17. The van der Waals surface area contributed by atoms with E-state index in [0.29, 0.717) is 11.5 Å². The lowest BCUT2D eigenvalue weighted by atomic mass is 9.82. The molecule has 0 saturated heterocycles. The van der Waals surface area contributed by atoms with Crippen LogP contribution in [0.3, 0.4) is 0 Å². The lowest BCUT2D eigenvalue weighted by Gasteiger charge is -2.34. The predicted octanol–water partition coefficient (Wildman–Crippen LogP) is 3.34. The zero-order chi connectivity index (χ0) is 13.3. The summed E-state index contributed by atoms with van der Waals surface area (Å²) in [5.74, 6) is 0.597. The standard InChI is InChI=1S/C12H21ClN4/c1-11(2,3)6-12(4,5)17-10-8(14)9(13)15-7-16-10/h7H,6,14H2,1-5H3,(H,15,16,17). The van der Waals surface area contributed by atoms with Crippen molar-refractivity contribution in [2.24, 2.45) is 5.41 Å². The molecule has 0 radical (unpaired) electrons. The lowest BCUT2D eigenvalue weighted by molar-refractivity contribution is 0.302. The Bertz CT molecular complexity index is 396. The molecule has 1 aromatic rings. The summed E-state index contributed by atoms with van der Waals surface area (Å²) in [7, 11) is 0. The largest absolute Gasteiger partial charge is 0.393 e. The van der Waals surface area contributed by atoms with E-state index in [0.717, 1.165) is 6.42 Å². The lowest BCUT2D eigenvalue weighted by Crippen LogP contribution is -2.36. The zero-order valence-electron chi connectivity index (χ0n) is 11.1. The summed E-state index contributed by atoms with van der Waals surface area (Å²) in [6.07, 6.45) is 2.40. The van der Waals surface area contributed by atoms with Crippen LogP contribution in [0.25, 0.3) is 0 Å². The molecular formula is C12H21ClN4. The van der Waals surface area contributed by atoms with Crippen LogP contribution in [-0.2, 0) is 0 Å². The van der Waals surface area contributed by atoms with Gasteiger partial charge in [-0.05, 0) is 25.7 Å². The van der Waals surface area contributed by atoms with Gasteiger partial charge in [-0.25, -0.2) is 9.97 Å². The molecule has 0 amide bonds. The van der Waals surface area contributed by atoms with E-state index in [4.69, 9.17) is 17.3 Å². The monoisotopic (exact) mass is 256 g/mol. The molecule has 1 aromatic heterocycles. The van der Waals surface area contributed by atoms with Crippen molar-refractivity contribution in [1.82, 2.24) is 9.97 Å². The summed E-state index contributed by atoms with van der Waals surface area (Å²) in [4.78, 5) is 7.96. The molecule has 17 heavy (non-hydrogen) atoms. The molecule has 0 aliphatic carbocycles. The van der Waals surface area contributed by atoms with Gasteiger partial charge in [-0.1, -0.05) is 32.4 Å². The molecule has 1 heterocycles. The van der Waals surface area contributed by atoms with Gasteiger partial charge in [0.05, 0.1) is 0 Å². The fourth-order valence-corrected chi connectivity index (χ4v) is 2.30. The van der Waals surface area contributed by atoms with Crippen LogP contribution in [0.1, 0.15) is 41.0 Å². The Labute approximate surface area is 108 Å². The molecule has 0 unspecified atom stereocenters. The van der Waals surface area contributed by atoms with Gasteiger partial charge >= 0.3 is 0 Å². The first-order valence-corrected chi connectivity index (χ1v) is 6.03. The highest BCUT2D eigenvalue weighted by molar-refractivity contribution is 6.32. The van der Waals surface area contributed by atoms with Crippen LogP contribution in [0.15, 0.2) is 6.33 Å². The van der Waals surface area contributed by atoms with Crippen LogP contribution < -0.4 is 11.1 Å². The number of anilines is 2. The van der Waals surface area contributed by atoms with Crippen molar-refractivity contribution in [1.29, 1.82) is 0 Å². The number of nitrogen functional groups attached to an aromatic ring is 1. The molecule has 0 bridgehead atoms. The maximum atomic E-state index is 5.86. The minimum atomic E-state index is -0.107. The first-order valence-electron chi connectivity index (χ1n) is 5.65. The fourth-order valence-electron chi connectivity index (χ4n) is 2.16. The third-order valence-electron chi connectivity index (χ3n) is 2.26. The van der Waals surface area contributed by atoms with Gasteiger partial charge < -0.3 is 11.1 Å². The number of nitrogens with one attached hydrogen (secondary N) is 1. The zero-order valence-corrected chi connectivity index (χ0v) is 11.9. The van der Waals surface area contributed by atoms with Crippen molar-refractivity contribution < 1.29 is 0 Å². The minimum Gasteiger partial charge on any atom is -0.393 e. The van der Waals surface area contributed by atoms with E-state index >= 15 is 0 Å². The third-order valence-corrected chi connectivity index (χ3v) is 2.57. The quantitative estimate of drug-likeness (QED) is 0.815. The van der Waals surface area contributed by atoms with Crippen LogP contribution in [0.5, 0.6) is 0 Å². The number of hydrogen-bond acceptors (Lipinski definition) is 4. The van der Waals surface area contributed by atoms with Gasteiger partial charge in [0.15, 0.2) is 11.0 Å². The van der Waals surface area contributed by atoms with E-state index in [1.54, 1.807) is 0 Å². The molecular weight excluding hydrogens is 236 g/mol. The Kier molecular flexibility index (Phi) is 3.87. The van der Waals surface area contributed by atoms with Crippen LogP contribution in [0, 0.1) is 5.41 Å². The van der Waals surface area contributed by atoms with Gasteiger partial charge in [0.25, 0.3) is 0 Å². The number of nitrogens with zero attached hydrogens (tertiary/aromatic N) is 2. The average molecular weight is 257 g/mol. The number of nitrogens with two attached hydrogens (primary N) is 1. The molecule has 0 aliphatic rings. The number of rotatable bonds is 3. The van der Waals surface area contributed by atoms with Gasteiger partial charge in [0.2, 0.25) is 0 Å². The average Bonchev–Trinajstić information content (AvgIpc) is 2.08. The van der Waals surface area contributed by atoms with Gasteiger partial charge in [-0.3, -0.25) is 0 Å². The topological polar surface area (TPSA) is 63.8 Å². The number of halogens is 1. The molecule has 4 nitrogen and oxygen atoms in total. The first-order chi connectivity index (χ1) is 7.61. The Morgan fingerprint density at radius 3 is 2.35 bits per heavy atom. The molecule has 0 fully saturated rings. The van der Waals surface area contributed by atoms with Crippen molar-refractivity contribution in [3.8, 4) is 0 Å². The highest BCUT2D eigenvalue weighted by atomic mass is 35.5. The van der Waals surface area contributed by atoms with Crippen LogP contribution >= 0.6 is 11.6 Å². The second kappa shape index (κ2) is 4.69. The maximum absolute atomic E-state index is 5.86. The van der Waals surface area contributed by atoms with Gasteiger partial charge in [0, 0.05) is 5.54 Å². The van der Waals surface area contributed by atoms with Crippen molar-refractivity contribution in [2.75, 3.05) is 11.1 Å². The third kappa shape index (κ3) is 4.38. The van der Waals surface area contributed by atoms with E-state index in [9.17, 15) is 0 Å². The maximum Gasteiger partial charge on any atom is 0.157 e. The van der Waals surface area contributed by atoms with Crippen molar-refractivity contribution in [3.05, 3.63) is 11.5 Å². The van der Waals surface area contributed by atoms with Crippen LogP contribution in [0.4, 0.5) is 11.5 Å². The molecule has 5 heteroatoms. The van der Waals surface area contributed by atoms with Crippen LogP contribution in [-0.4, -0.2) is 15.5 Å². The van der Waals surface area contributed by atoms with Crippen LogP contribution in [0.2, 0.25) is 5.15 Å². The van der Waals surface area contributed by atoms with E-state index < -0.39 is 0 Å². The summed E-state index contributed by atoms with van der Waals surface area (Å²) >= 11 is 5.86. The molecule has 0 spiro atoms. The van der Waals surface area contributed by atoms with Crippen molar-refractivity contribution in [2.45, 2.75) is 46.6 Å². The molecule has 0 saturated carbocycles. The minimum absolute atomic E-state index is 0.107. The number of hydrogen-bond donors (Lipinski definition) is 2. The van der Waals surface area contributed by atoms with Gasteiger partial charge in [-0.2, -0.15) is 0 Å². The highest BCUT2D eigenvalue weighted by Crippen LogP contribution is 2.31. The summed E-state index contributed by atoms with van der Waals surface area (Å²) in [6, 6.07) is 0. The summed E-state index contributed by atoms with van der Waals surface area (Å²) in [6.45, 7) is 10.8. The van der Waals surface area contributed by atoms with Gasteiger partial charge in [0.1, 0.15) is 12.0 Å². The predicted molar refractivity (Wildman–Crippen MR) is 73.2 cm³/mol. The highest BCUT2D eigenvalue weighted by Gasteiger charge is 2.26.